The van der Waals surface area contributed by atoms with Crippen molar-refractivity contribution in [3.05, 3.63) is 65.2 Å². The summed E-state index contributed by atoms with van der Waals surface area (Å²) in [6.07, 6.45) is 4.84. The average molecular weight is 328 g/mol. The van der Waals surface area contributed by atoms with Crippen LogP contribution in [0.15, 0.2) is 42.6 Å². The van der Waals surface area contributed by atoms with Crippen LogP contribution in [0, 0.1) is 5.82 Å². The molecule has 1 aromatic carbocycles. The average Bonchev–Trinajstić information content (AvgIpc) is 2.52. The second-order valence-corrected chi connectivity index (χ2v) is 7.00. The Hall–Kier alpha value is -2.23. The van der Waals surface area contributed by atoms with Crippen LogP contribution in [0.2, 0.25) is 0 Å². The Bertz CT molecular complexity index is 692. The first-order chi connectivity index (χ1) is 11.4. The van der Waals surface area contributed by atoms with Gasteiger partial charge in [-0.1, -0.05) is 18.2 Å². The molecule has 0 aliphatic rings. The summed E-state index contributed by atoms with van der Waals surface area (Å²) < 4.78 is 13.6. The number of unbranched alkanes of at least 4 members (excludes halogenated alkanes) is 1. The van der Waals surface area contributed by atoms with Gasteiger partial charge in [0.15, 0.2) is 0 Å². The molecule has 0 fully saturated rings. The van der Waals surface area contributed by atoms with Gasteiger partial charge >= 0.3 is 0 Å². The van der Waals surface area contributed by atoms with Gasteiger partial charge in [-0.2, -0.15) is 0 Å². The minimum atomic E-state index is -0.283. The quantitative estimate of drug-likeness (QED) is 0.803. The number of hydrogen-bond donors (Lipinski definition) is 1. The number of pyridine rings is 1. The zero-order valence-corrected chi connectivity index (χ0v) is 14.6. The van der Waals surface area contributed by atoms with Gasteiger partial charge in [0.2, 0.25) is 0 Å². The number of carbonyl (C=O) groups excluding carboxylic acids is 1. The summed E-state index contributed by atoms with van der Waals surface area (Å²) in [6, 6.07) is 10.4. The fourth-order valence-electron chi connectivity index (χ4n) is 2.56. The Kier molecular flexibility index (Phi) is 6.07. The summed E-state index contributed by atoms with van der Waals surface area (Å²) in [4.78, 5) is 16.7. The number of hydrogen-bond acceptors (Lipinski definition) is 2. The molecule has 128 valence electrons. The molecule has 0 atom stereocenters. The predicted molar refractivity (Wildman–Crippen MR) is 94.5 cm³/mol. The second-order valence-electron chi connectivity index (χ2n) is 7.00. The fourth-order valence-corrected chi connectivity index (χ4v) is 2.56. The van der Waals surface area contributed by atoms with E-state index in [-0.39, 0.29) is 17.3 Å². The summed E-state index contributed by atoms with van der Waals surface area (Å²) in [5.41, 5.74) is 1.88. The highest BCUT2D eigenvalue weighted by Gasteiger charge is 2.18. The fraction of sp³-hybridized carbons (Fsp3) is 0.400. The molecule has 1 heterocycles. The number of amides is 1. The highest BCUT2D eigenvalue weighted by Crippen LogP contribution is 2.14. The Morgan fingerprint density at radius 3 is 2.50 bits per heavy atom. The number of nitrogens with zero attached hydrogens (tertiary/aromatic N) is 1. The lowest BCUT2D eigenvalue weighted by atomic mass is 10.0. The van der Waals surface area contributed by atoms with Gasteiger partial charge in [0.25, 0.3) is 5.91 Å². The van der Waals surface area contributed by atoms with Gasteiger partial charge in [-0.25, -0.2) is 4.39 Å². The van der Waals surface area contributed by atoms with Crippen molar-refractivity contribution in [3.63, 3.8) is 0 Å². The minimum absolute atomic E-state index is 0.0975. The molecule has 24 heavy (non-hydrogen) atoms. The monoisotopic (exact) mass is 328 g/mol. The molecule has 1 aromatic heterocycles. The predicted octanol–water partition coefficient (Wildman–Crippen LogP) is 4.31. The van der Waals surface area contributed by atoms with Gasteiger partial charge < -0.3 is 5.32 Å². The topological polar surface area (TPSA) is 42.0 Å². The van der Waals surface area contributed by atoms with E-state index in [1.54, 1.807) is 24.4 Å². The van der Waals surface area contributed by atoms with Crippen LogP contribution in [-0.4, -0.2) is 16.4 Å². The second kappa shape index (κ2) is 8.04. The van der Waals surface area contributed by atoms with Crippen molar-refractivity contribution in [1.29, 1.82) is 0 Å². The van der Waals surface area contributed by atoms with Crippen molar-refractivity contribution < 1.29 is 9.18 Å². The van der Waals surface area contributed by atoms with Gasteiger partial charge in [-0.3, -0.25) is 9.78 Å². The lowest BCUT2D eigenvalue weighted by molar-refractivity contribution is 0.0918. The van der Waals surface area contributed by atoms with E-state index >= 15 is 0 Å². The van der Waals surface area contributed by atoms with Gasteiger partial charge in [0.1, 0.15) is 5.82 Å². The lowest BCUT2D eigenvalue weighted by Crippen LogP contribution is -2.41. The number of nitrogens with one attached hydrogen (secondary N) is 1. The number of aryl methyl sites for hydroxylation is 2. The van der Waals surface area contributed by atoms with Gasteiger partial charge in [0.05, 0.1) is 11.3 Å². The van der Waals surface area contributed by atoms with Crippen LogP contribution in [0.3, 0.4) is 0 Å². The Morgan fingerprint density at radius 2 is 1.79 bits per heavy atom. The SMILES string of the molecule is CC(C)(C)NC(=O)c1cccnc1CCCCc1ccccc1F. The van der Waals surface area contributed by atoms with Crippen LogP contribution in [0.25, 0.3) is 0 Å². The normalized spacial score (nSPS) is 11.3. The van der Waals surface area contributed by atoms with Gasteiger partial charge in [0, 0.05) is 11.7 Å². The first-order valence-corrected chi connectivity index (χ1v) is 8.36. The summed E-state index contributed by atoms with van der Waals surface area (Å²) in [5, 5.41) is 2.97. The van der Waals surface area contributed by atoms with E-state index in [0.717, 1.165) is 24.1 Å². The van der Waals surface area contributed by atoms with Crippen molar-refractivity contribution in [1.82, 2.24) is 10.3 Å². The maximum atomic E-state index is 13.6. The van der Waals surface area contributed by atoms with Crippen LogP contribution in [0.4, 0.5) is 4.39 Å². The van der Waals surface area contributed by atoms with E-state index in [1.807, 2.05) is 32.9 Å². The number of carbonyl (C=O) groups is 1. The third-order valence-electron chi connectivity index (χ3n) is 3.69. The van der Waals surface area contributed by atoms with Crippen LogP contribution in [0.1, 0.15) is 55.2 Å². The molecule has 0 saturated carbocycles. The first kappa shape index (κ1) is 18.1. The van der Waals surface area contributed by atoms with Crippen molar-refractivity contribution in [2.75, 3.05) is 0 Å². The molecule has 0 aliphatic carbocycles. The molecule has 0 radical (unpaired) electrons. The first-order valence-electron chi connectivity index (χ1n) is 8.36. The Balaban J connectivity index is 1.93. The molecule has 3 nitrogen and oxygen atoms in total. The lowest BCUT2D eigenvalue weighted by Gasteiger charge is -2.21. The molecule has 2 aromatic rings. The molecule has 1 amide bonds. The number of aromatic nitrogens is 1. The maximum Gasteiger partial charge on any atom is 0.253 e. The zero-order chi connectivity index (χ0) is 17.6. The van der Waals surface area contributed by atoms with Crippen molar-refractivity contribution in [2.24, 2.45) is 0 Å². The highest BCUT2D eigenvalue weighted by atomic mass is 19.1. The molecule has 1 N–H and O–H groups in total. The molecule has 0 spiro atoms. The standard InChI is InChI=1S/C20H25FN2O/c1-20(2,3)23-19(24)16-11-8-14-22-18(16)13-7-5-10-15-9-4-6-12-17(15)21/h4,6,8-9,11-12,14H,5,7,10,13H2,1-3H3,(H,23,24). The molecular formula is C20H25FN2O. The molecule has 0 bridgehead atoms. The van der Waals surface area contributed by atoms with Crippen LogP contribution < -0.4 is 5.32 Å². The van der Waals surface area contributed by atoms with Gasteiger partial charge in [-0.15, -0.1) is 0 Å². The molecular weight excluding hydrogens is 303 g/mol. The third kappa shape index (κ3) is 5.44. The van der Waals surface area contributed by atoms with Crippen molar-refractivity contribution in [2.45, 2.75) is 52.0 Å². The Morgan fingerprint density at radius 1 is 1.08 bits per heavy atom. The largest absolute Gasteiger partial charge is 0.347 e. The summed E-state index contributed by atoms with van der Waals surface area (Å²) in [5.74, 6) is -0.250. The molecule has 2 rings (SSSR count). The van der Waals surface area contributed by atoms with Crippen LogP contribution >= 0.6 is 0 Å². The van der Waals surface area contributed by atoms with E-state index in [1.165, 1.54) is 6.07 Å². The molecule has 0 unspecified atom stereocenters. The smallest absolute Gasteiger partial charge is 0.253 e. The maximum absolute atomic E-state index is 13.6. The summed E-state index contributed by atoms with van der Waals surface area (Å²) in [6.45, 7) is 5.86. The van der Waals surface area contributed by atoms with Crippen LogP contribution in [0.5, 0.6) is 0 Å². The number of halogens is 1. The molecule has 4 heteroatoms. The molecule has 0 aliphatic heterocycles. The van der Waals surface area contributed by atoms with E-state index in [9.17, 15) is 9.18 Å². The van der Waals surface area contributed by atoms with E-state index < -0.39 is 0 Å². The van der Waals surface area contributed by atoms with Gasteiger partial charge in [-0.05, 0) is 70.2 Å². The van der Waals surface area contributed by atoms with Crippen LogP contribution in [-0.2, 0) is 12.8 Å². The van der Waals surface area contributed by atoms with E-state index in [2.05, 4.69) is 10.3 Å². The minimum Gasteiger partial charge on any atom is -0.347 e. The summed E-state index contributed by atoms with van der Waals surface area (Å²) in [7, 11) is 0. The zero-order valence-electron chi connectivity index (χ0n) is 14.6. The van der Waals surface area contributed by atoms with E-state index in [0.29, 0.717) is 18.4 Å². The number of rotatable bonds is 6. The van der Waals surface area contributed by atoms with Crippen molar-refractivity contribution in [3.8, 4) is 0 Å². The molecule has 0 saturated heterocycles. The Labute approximate surface area is 143 Å². The van der Waals surface area contributed by atoms with E-state index in [4.69, 9.17) is 0 Å². The summed E-state index contributed by atoms with van der Waals surface area (Å²) >= 11 is 0. The third-order valence-corrected chi connectivity index (χ3v) is 3.69. The highest BCUT2D eigenvalue weighted by molar-refractivity contribution is 5.95. The van der Waals surface area contributed by atoms with Crippen molar-refractivity contribution >= 4 is 5.91 Å². The number of benzene rings is 1.